The fourth-order valence-corrected chi connectivity index (χ4v) is 5.17. The molecule has 10 nitrogen and oxygen atoms in total. The molecule has 3 aliphatic heterocycles. The van der Waals surface area contributed by atoms with E-state index < -0.39 is 23.3 Å². The molecule has 0 unspecified atom stereocenters. The van der Waals surface area contributed by atoms with Crippen molar-refractivity contribution in [3.8, 4) is 33.6 Å². The van der Waals surface area contributed by atoms with Gasteiger partial charge in [-0.15, -0.1) is 0 Å². The summed E-state index contributed by atoms with van der Waals surface area (Å²) in [5.41, 5.74) is 7.91. The van der Waals surface area contributed by atoms with Gasteiger partial charge in [0.15, 0.2) is 5.82 Å². The first kappa shape index (κ1) is 26.2. The van der Waals surface area contributed by atoms with E-state index >= 15 is 0 Å². The summed E-state index contributed by atoms with van der Waals surface area (Å²) in [4.78, 5) is 29.7. The van der Waals surface area contributed by atoms with Crippen molar-refractivity contribution in [3.05, 3.63) is 76.9 Å². The lowest BCUT2D eigenvalue weighted by Gasteiger charge is -2.20. The highest BCUT2D eigenvalue weighted by atomic mass is 19.4. The third kappa shape index (κ3) is 4.58. The van der Waals surface area contributed by atoms with Crippen LogP contribution in [0.1, 0.15) is 27.3 Å². The van der Waals surface area contributed by atoms with Gasteiger partial charge >= 0.3 is 6.18 Å². The van der Waals surface area contributed by atoms with Crippen LogP contribution in [0.25, 0.3) is 33.6 Å². The number of hydrogen-bond donors (Lipinski definition) is 2. The number of carbonyl (C=O) groups is 1. The first-order valence-corrected chi connectivity index (χ1v) is 12.7. The van der Waals surface area contributed by atoms with Gasteiger partial charge in [-0.1, -0.05) is 12.1 Å². The third-order valence-corrected chi connectivity index (χ3v) is 6.99. The van der Waals surface area contributed by atoms with E-state index in [1.807, 2.05) is 30.5 Å². The Morgan fingerprint density at radius 3 is 2.56 bits per heavy atom. The van der Waals surface area contributed by atoms with Crippen molar-refractivity contribution >= 4 is 17.5 Å². The minimum Gasteiger partial charge on any atom is -0.369 e. The van der Waals surface area contributed by atoms with Gasteiger partial charge in [-0.2, -0.15) is 28.2 Å². The number of anilines is 1. The Morgan fingerprint density at radius 2 is 1.85 bits per heavy atom. The zero-order valence-corrected chi connectivity index (χ0v) is 22.3. The Labute approximate surface area is 231 Å². The summed E-state index contributed by atoms with van der Waals surface area (Å²) in [5.74, 6) is 1.00. The molecule has 41 heavy (non-hydrogen) atoms. The number of aryl methyl sites for hydroxylation is 3. The summed E-state index contributed by atoms with van der Waals surface area (Å²) >= 11 is 0. The molecule has 1 aromatic carbocycles. The first-order valence-electron chi connectivity index (χ1n) is 12.7. The number of pyridine rings is 2. The molecule has 208 valence electrons. The van der Waals surface area contributed by atoms with Crippen molar-refractivity contribution < 1.29 is 18.0 Å². The standard InChI is InChI=1S/C28H24F3N9O/c1-14-4-5-16(22-20(28(29,30)31)6-7-33-23(22)24(32)41)11-18(14)19-12-17-13-35-27(36-21-10-15(2)38-39(21)3)37-25(17)40-9-8-34-26(19)40/h4-7,10-13,34H,8-9H2,1-3H3,(H2,32,41). The van der Waals surface area contributed by atoms with Crippen molar-refractivity contribution in [2.24, 2.45) is 17.8 Å². The zero-order valence-electron chi connectivity index (χ0n) is 22.3. The van der Waals surface area contributed by atoms with Crippen molar-refractivity contribution in [2.45, 2.75) is 26.6 Å². The van der Waals surface area contributed by atoms with Crippen LogP contribution in [-0.4, -0.2) is 41.8 Å². The summed E-state index contributed by atoms with van der Waals surface area (Å²) in [6.45, 7) is 4.99. The van der Waals surface area contributed by atoms with Crippen LogP contribution in [0.4, 0.5) is 24.8 Å². The molecule has 13 heteroatoms. The molecule has 0 saturated heterocycles. The van der Waals surface area contributed by atoms with Gasteiger partial charge in [0.25, 0.3) is 11.5 Å². The maximum absolute atomic E-state index is 14.0. The molecule has 0 spiro atoms. The van der Waals surface area contributed by atoms with E-state index in [0.717, 1.165) is 40.5 Å². The Hall–Kier alpha value is -5.07. The quantitative estimate of drug-likeness (QED) is 0.339. The third-order valence-electron chi connectivity index (χ3n) is 6.99. The first-order chi connectivity index (χ1) is 19.5. The average molecular weight is 560 g/mol. The molecule has 1 amide bonds. The lowest BCUT2D eigenvalue weighted by Crippen LogP contribution is -2.18. The summed E-state index contributed by atoms with van der Waals surface area (Å²) < 4.78 is 45.7. The SMILES string of the molecule is Cc1cc(N=c2ncc3cc(-c4cc(-c5c(C(F)(F)F)ccnc5C(N)=O)ccc4C)c4n(c-3n2)CCN4)n(C)n1. The monoisotopic (exact) mass is 559 g/mol. The van der Waals surface area contributed by atoms with Gasteiger partial charge in [0, 0.05) is 55.3 Å². The smallest absolute Gasteiger partial charge is 0.369 e. The summed E-state index contributed by atoms with van der Waals surface area (Å²) in [6, 6.07) is 9.46. The van der Waals surface area contributed by atoms with E-state index in [4.69, 9.17) is 10.7 Å². The van der Waals surface area contributed by atoms with Crippen LogP contribution in [0.5, 0.6) is 0 Å². The second-order valence-electron chi connectivity index (χ2n) is 9.79. The Bertz CT molecular complexity index is 1890. The fraction of sp³-hybridized carbons (Fsp3) is 0.214. The van der Waals surface area contributed by atoms with Crippen LogP contribution in [0.3, 0.4) is 0 Å². The van der Waals surface area contributed by atoms with Crippen molar-refractivity contribution in [1.82, 2.24) is 29.3 Å². The predicted octanol–water partition coefficient (Wildman–Crippen LogP) is 4.24. The second kappa shape index (κ2) is 9.54. The number of benzene rings is 1. The number of aromatic nitrogens is 6. The molecular weight excluding hydrogens is 535 g/mol. The molecule has 0 fully saturated rings. The van der Waals surface area contributed by atoms with Crippen LogP contribution in [0, 0.1) is 13.8 Å². The maximum Gasteiger partial charge on any atom is 0.417 e. The number of hydrogen-bond acceptors (Lipinski definition) is 7. The predicted molar refractivity (Wildman–Crippen MR) is 145 cm³/mol. The Kier molecular flexibility index (Phi) is 6.09. The highest BCUT2D eigenvalue weighted by Crippen LogP contribution is 2.42. The Morgan fingerprint density at radius 1 is 1.07 bits per heavy atom. The molecule has 2 aromatic heterocycles. The highest BCUT2D eigenvalue weighted by molar-refractivity contribution is 5.99. The van der Waals surface area contributed by atoms with Gasteiger partial charge in [0.05, 0.1) is 11.3 Å². The van der Waals surface area contributed by atoms with Crippen LogP contribution in [-0.2, 0) is 19.8 Å². The van der Waals surface area contributed by atoms with E-state index in [2.05, 4.69) is 25.4 Å². The summed E-state index contributed by atoms with van der Waals surface area (Å²) in [7, 11) is 1.79. The van der Waals surface area contributed by atoms with E-state index in [0.29, 0.717) is 30.3 Å². The van der Waals surface area contributed by atoms with Gasteiger partial charge in [-0.05, 0) is 48.7 Å². The number of nitrogens with one attached hydrogen (secondary N) is 1. The number of fused-ring (bicyclic) bond motifs is 3. The molecule has 0 bridgehead atoms. The van der Waals surface area contributed by atoms with Crippen LogP contribution in [0.2, 0.25) is 0 Å². The zero-order chi connectivity index (χ0) is 29.1. The molecule has 3 N–H and O–H groups in total. The normalized spacial score (nSPS) is 13.5. The van der Waals surface area contributed by atoms with E-state index in [-0.39, 0.29) is 16.7 Å². The maximum atomic E-state index is 14.0. The van der Waals surface area contributed by atoms with Gasteiger partial charge < -0.3 is 15.6 Å². The number of carbonyl (C=O) groups excluding carboxylic acids is 1. The summed E-state index contributed by atoms with van der Waals surface area (Å²) in [5, 5.41) is 7.69. The molecule has 0 atom stereocenters. The van der Waals surface area contributed by atoms with Crippen LogP contribution in [0.15, 0.2) is 53.8 Å². The average Bonchev–Trinajstić information content (AvgIpc) is 3.54. The number of halogens is 3. The van der Waals surface area contributed by atoms with Crippen LogP contribution >= 0.6 is 0 Å². The molecule has 0 saturated carbocycles. The van der Waals surface area contributed by atoms with Crippen molar-refractivity contribution in [1.29, 1.82) is 0 Å². The van der Waals surface area contributed by atoms with Crippen molar-refractivity contribution in [2.75, 3.05) is 11.9 Å². The number of rotatable bonds is 4. The minimum atomic E-state index is -4.72. The highest BCUT2D eigenvalue weighted by Gasteiger charge is 2.36. The number of primary amides is 1. The molecule has 3 aromatic rings. The van der Waals surface area contributed by atoms with Gasteiger partial charge in [-0.25, -0.2) is 4.98 Å². The number of nitrogens with two attached hydrogens (primary N) is 1. The lowest BCUT2D eigenvalue weighted by molar-refractivity contribution is -0.137. The molecular formula is C28H24F3N9O. The van der Waals surface area contributed by atoms with Crippen LogP contribution < -0.4 is 16.7 Å². The molecule has 0 aliphatic carbocycles. The van der Waals surface area contributed by atoms with Crippen molar-refractivity contribution in [3.63, 3.8) is 0 Å². The number of amides is 1. The van der Waals surface area contributed by atoms with Gasteiger partial charge in [0.1, 0.15) is 17.3 Å². The van der Waals surface area contributed by atoms with E-state index in [1.165, 1.54) is 6.07 Å². The van der Waals surface area contributed by atoms with Gasteiger partial charge in [-0.3, -0.25) is 14.5 Å². The topological polar surface area (TPSA) is 129 Å². The second-order valence-corrected chi connectivity index (χ2v) is 9.79. The van der Waals surface area contributed by atoms with Gasteiger partial charge in [0.2, 0.25) is 0 Å². The van der Waals surface area contributed by atoms with E-state index in [9.17, 15) is 18.0 Å². The molecule has 5 heterocycles. The molecule has 6 rings (SSSR count). The molecule has 0 radical (unpaired) electrons. The number of nitrogens with zero attached hydrogens (tertiary/aromatic N) is 7. The summed E-state index contributed by atoms with van der Waals surface area (Å²) in [6.07, 6.45) is -2.11. The van der Waals surface area contributed by atoms with E-state index in [1.54, 1.807) is 30.1 Å². The Balaban J connectivity index is 1.55. The number of alkyl halides is 3. The minimum absolute atomic E-state index is 0.175. The largest absolute Gasteiger partial charge is 0.417 e. The fourth-order valence-electron chi connectivity index (χ4n) is 5.17. The molecule has 3 aliphatic rings. The lowest BCUT2D eigenvalue weighted by atomic mass is 9.91.